The molecule has 2 heteroatoms. The third-order valence-electron chi connectivity index (χ3n) is 4.25. The van der Waals surface area contributed by atoms with Crippen LogP contribution in [-0.2, 0) is 4.79 Å². The molecule has 0 aliphatic rings. The normalized spacial score (nSPS) is 12.6. The third kappa shape index (κ3) is 9.22. The molecule has 1 N–H and O–H groups in total. The summed E-state index contributed by atoms with van der Waals surface area (Å²) in [4.78, 5) is 11.4. The molecule has 1 aromatic rings. The van der Waals surface area contributed by atoms with Crippen molar-refractivity contribution in [3.05, 3.63) is 48.0 Å². The highest BCUT2D eigenvalue weighted by Gasteiger charge is 2.18. The van der Waals surface area contributed by atoms with Crippen LogP contribution >= 0.6 is 0 Å². The van der Waals surface area contributed by atoms with E-state index in [1.165, 1.54) is 38.5 Å². The fourth-order valence-electron chi connectivity index (χ4n) is 2.83. The number of benzene rings is 1. The average molecular weight is 316 g/mol. The topological polar surface area (TPSA) is 37.3 Å². The standard InChI is InChI=1S/C21H32O2/c1-2-3-4-5-6-7-8-9-10-11-15-18-20(21(22)23)19-16-13-12-14-17-19/h6-7,12-14,16-17,20H,2-5,8-11,15,18H2,1H3,(H,22,23). The van der Waals surface area contributed by atoms with E-state index < -0.39 is 5.97 Å². The van der Waals surface area contributed by atoms with Gasteiger partial charge in [-0.3, -0.25) is 4.79 Å². The fraction of sp³-hybridized carbons (Fsp3) is 0.571. The van der Waals surface area contributed by atoms with Gasteiger partial charge in [-0.1, -0.05) is 81.5 Å². The molecule has 0 heterocycles. The zero-order valence-corrected chi connectivity index (χ0v) is 14.5. The van der Waals surface area contributed by atoms with Gasteiger partial charge in [0.2, 0.25) is 0 Å². The van der Waals surface area contributed by atoms with Gasteiger partial charge in [-0.05, 0) is 37.7 Å². The Balaban J connectivity index is 2.10. The van der Waals surface area contributed by atoms with Crippen LogP contribution in [0.2, 0.25) is 0 Å². The number of hydrogen-bond acceptors (Lipinski definition) is 1. The molecular formula is C21H32O2. The van der Waals surface area contributed by atoms with Crippen molar-refractivity contribution in [2.45, 2.75) is 77.0 Å². The SMILES string of the molecule is CCCCCC=CCCCCCCC(C(=O)O)c1ccccc1. The second-order valence-electron chi connectivity index (χ2n) is 6.26. The highest BCUT2D eigenvalue weighted by Crippen LogP contribution is 2.23. The van der Waals surface area contributed by atoms with E-state index >= 15 is 0 Å². The van der Waals surface area contributed by atoms with Crippen molar-refractivity contribution in [1.82, 2.24) is 0 Å². The first-order chi connectivity index (χ1) is 11.3. The summed E-state index contributed by atoms with van der Waals surface area (Å²) in [7, 11) is 0. The van der Waals surface area contributed by atoms with Crippen LogP contribution in [0.1, 0.15) is 82.6 Å². The molecular weight excluding hydrogens is 284 g/mol. The van der Waals surface area contributed by atoms with E-state index in [1.807, 2.05) is 30.3 Å². The molecule has 0 spiro atoms. The van der Waals surface area contributed by atoms with E-state index in [0.29, 0.717) is 0 Å². The van der Waals surface area contributed by atoms with Gasteiger partial charge in [-0.2, -0.15) is 0 Å². The number of carboxylic acids is 1. The van der Waals surface area contributed by atoms with Crippen LogP contribution in [0.25, 0.3) is 0 Å². The van der Waals surface area contributed by atoms with E-state index in [-0.39, 0.29) is 5.92 Å². The number of carboxylic acid groups (broad SMARTS) is 1. The van der Waals surface area contributed by atoms with Gasteiger partial charge in [0.15, 0.2) is 0 Å². The van der Waals surface area contributed by atoms with Gasteiger partial charge in [-0.25, -0.2) is 0 Å². The molecule has 0 saturated carbocycles. The minimum atomic E-state index is -0.703. The number of allylic oxidation sites excluding steroid dienone is 2. The molecule has 1 aromatic carbocycles. The lowest BCUT2D eigenvalue weighted by Gasteiger charge is -2.12. The molecule has 0 saturated heterocycles. The molecule has 0 fully saturated rings. The maximum absolute atomic E-state index is 11.4. The Labute approximate surface area is 141 Å². The Bertz CT molecular complexity index is 436. The lowest BCUT2D eigenvalue weighted by molar-refractivity contribution is -0.139. The number of rotatable bonds is 13. The minimum Gasteiger partial charge on any atom is -0.481 e. The maximum Gasteiger partial charge on any atom is 0.310 e. The summed E-state index contributed by atoms with van der Waals surface area (Å²) < 4.78 is 0. The summed E-state index contributed by atoms with van der Waals surface area (Å²) in [6.45, 7) is 2.23. The Morgan fingerprint density at radius 1 is 0.957 bits per heavy atom. The first kappa shape index (κ1) is 19.5. The Kier molecular flexibility index (Phi) is 10.9. The van der Waals surface area contributed by atoms with Gasteiger partial charge in [0.05, 0.1) is 5.92 Å². The van der Waals surface area contributed by atoms with Crippen LogP contribution in [0.4, 0.5) is 0 Å². The van der Waals surface area contributed by atoms with Gasteiger partial charge >= 0.3 is 5.97 Å². The highest BCUT2D eigenvalue weighted by atomic mass is 16.4. The summed E-state index contributed by atoms with van der Waals surface area (Å²) in [6, 6.07) is 9.60. The third-order valence-corrected chi connectivity index (χ3v) is 4.25. The van der Waals surface area contributed by atoms with Crippen LogP contribution in [0.15, 0.2) is 42.5 Å². The Hall–Kier alpha value is -1.57. The number of carbonyl (C=O) groups is 1. The molecule has 1 atom stereocenters. The van der Waals surface area contributed by atoms with Crippen LogP contribution in [-0.4, -0.2) is 11.1 Å². The first-order valence-corrected chi connectivity index (χ1v) is 9.18. The second kappa shape index (κ2) is 12.9. The van der Waals surface area contributed by atoms with Crippen LogP contribution in [0.5, 0.6) is 0 Å². The van der Waals surface area contributed by atoms with Crippen molar-refractivity contribution in [3.63, 3.8) is 0 Å². The molecule has 128 valence electrons. The van der Waals surface area contributed by atoms with E-state index in [1.54, 1.807) is 0 Å². The minimum absolute atomic E-state index is 0.352. The van der Waals surface area contributed by atoms with Gasteiger partial charge in [0.25, 0.3) is 0 Å². The van der Waals surface area contributed by atoms with Gasteiger partial charge in [-0.15, -0.1) is 0 Å². The summed E-state index contributed by atoms with van der Waals surface area (Å²) in [5, 5.41) is 9.38. The second-order valence-corrected chi connectivity index (χ2v) is 6.26. The average Bonchev–Trinajstić information content (AvgIpc) is 2.56. The Morgan fingerprint density at radius 3 is 2.17 bits per heavy atom. The fourth-order valence-corrected chi connectivity index (χ4v) is 2.83. The van der Waals surface area contributed by atoms with Gasteiger partial charge in [0, 0.05) is 0 Å². The molecule has 2 nitrogen and oxygen atoms in total. The van der Waals surface area contributed by atoms with E-state index in [4.69, 9.17) is 0 Å². The van der Waals surface area contributed by atoms with Gasteiger partial charge in [0.1, 0.15) is 0 Å². The van der Waals surface area contributed by atoms with Crippen LogP contribution < -0.4 is 0 Å². The van der Waals surface area contributed by atoms with Crippen molar-refractivity contribution in [3.8, 4) is 0 Å². The van der Waals surface area contributed by atoms with Crippen LogP contribution in [0, 0.1) is 0 Å². The maximum atomic E-state index is 11.4. The number of aliphatic carboxylic acids is 1. The summed E-state index contributed by atoms with van der Waals surface area (Å²) >= 11 is 0. The summed E-state index contributed by atoms with van der Waals surface area (Å²) in [5.41, 5.74) is 0.926. The van der Waals surface area contributed by atoms with E-state index in [9.17, 15) is 9.90 Å². The highest BCUT2D eigenvalue weighted by molar-refractivity contribution is 5.75. The summed E-state index contributed by atoms with van der Waals surface area (Å²) in [6.07, 6.45) is 16.2. The van der Waals surface area contributed by atoms with Crippen molar-refractivity contribution < 1.29 is 9.90 Å². The summed E-state index contributed by atoms with van der Waals surface area (Å²) in [5.74, 6) is -1.05. The molecule has 23 heavy (non-hydrogen) atoms. The molecule has 0 aliphatic heterocycles. The van der Waals surface area contributed by atoms with Crippen molar-refractivity contribution >= 4 is 5.97 Å². The zero-order chi connectivity index (χ0) is 16.8. The van der Waals surface area contributed by atoms with Gasteiger partial charge < -0.3 is 5.11 Å². The molecule has 1 unspecified atom stereocenters. The lowest BCUT2D eigenvalue weighted by atomic mass is 9.93. The van der Waals surface area contributed by atoms with Crippen LogP contribution in [0.3, 0.4) is 0 Å². The number of hydrogen-bond donors (Lipinski definition) is 1. The molecule has 0 aromatic heterocycles. The molecule has 0 radical (unpaired) electrons. The predicted molar refractivity (Wildman–Crippen MR) is 97.8 cm³/mol. The lowest BCUT2D eigenvalue weighted by Crippen LogP contribution is -2.11. The largest absolute Gasteiger partial charge is 0.481 e. The zero-order valence-electron chi connectivity index (χ0n) is 14.5. The number of unbranched alkanes of at least 4 members (excludes halogenated alkanes) is 7. The predicted octanol–water partition coefficient (Wildman–Crippen LogP) is 6.33. The smallest absolute Gasteiger partial charge is 0.310 e. The Morgan fingerprint density at radius 2 is 1.57 bits per heavy atom. The molecule has 0 aliphatic carbocycles. The van der Waals surface area contributed by atoms with Crippen molar-refractivity contribution in [1.29, 1.82) is 0 Å². The van der Waals surface area contributed by atoms with E-state index in [2.05, 4.69) is 19.1 Å². The first-order valence-electron chi connectivity index (χ1n) is 9.18. The van der Waals surface area contributed by atoms with E-state index in [0.717, 1.165) is 31.2 Å². The molecule has 0 amide bonds. The molecule has 0 bridgehead atoms. The monoisotopic (exact) mass is 316 g/mol. The van der Waals surface area contributed by atoms with Crippen molar-refractivity contribution in [2.24, 2.45) is 0 Å². The molecule has 1 rings (SSSR count). The quantitative estimate of drug-likeness (QED) is 0.341. The van der Waals surface area contributed by atoms with Crippen molar-refractivity contribution in [2.75, 3.05) is 0 Å².